The summed E-state index contributed by atoms with van der Waals surface area (Å²) in [5.74, 6) is 0. The first-order chi connectivity index (χ1) is 30.3. The van der Waals surface area contributed by atoms with Crippen LogP contribution in [0.2, 0.25) is 0 Å². The van der Waals surface area contributed by atoms with Crippen molar-refractivity contribution < 1.29 is 4.42 Å². The fraction of sp³-hybridized carbons (Fsp3) is 0. The lowest BCUT2D eigenvalue weighted by atomic mass is 9.90. The van der Waals surface area contributed by atoms with Crippen LogP contribution in [0.15, 0.2) is 229 Å². The number of furan rings is 1. The van der Waals surface area contributed by atoms with Crippen LogP contribution in [0, 0.1) is 0 Å². The van der Waals surface area contributed by atoms with Crippen LogP contribution in [-0.2, 0) is 0 Å². The molecule has 0 N–H and O–H groups in total. The maximum atomic E-state index is 6.51. The van der Waals surface area contributed by atoms with Gasteiger partial charge in [0.25, 0.3) is 0 Å². The molecule has 12 aromatic rings. The van der Waals surface area contributed by atoms with Gasteiger partial charge in [0, 0.05) is 58.9 Å². The van der Waals surface area contributed by atoms with E-state index in [1.54, 1.807) is 0 Å². The van der Waals surface area contributed by atoms with E-state index in [1.165, 1.54) is 58.8 Å². The molecule has 2 aromatic heterocycles. The molecule has 0 fully saturated rings. The Balaban J connectivity index is 1.08. The van der Waals surface area contributed by atoms with E-state index in [2.05, 4.69) is 217 Å². The first-order valence-electron chi connectivity index (χ1n) is 20.8. The predicted molar refractivity (Wildman–Crippen MR) is 261 cm³/mol. The minimum Gasteiger partial charge on any atom is -0.455 e. The van der Waals surface area contributed by atoms with Crippen LogP contribution in [0.3, 0.4) is 0 Å². The molecular weight excluding hydrogens is 759 g/mol. The summed E-state index contributed by atoms with van der Waals surface area (Å²) in [6, 6.07) is 81.2. The quantitative estimate of drug-likeness (QED) is 0.160. The molecule has 0 unspecified atom stereocenters. The molecule has 0 aliphatic carbocycles. The van der Waals surface area contributed by atoms with Gasteiger partial charge in [0.2, 0.25) is 0 Å². The van der Waals surface area contributed by atoms with Gasteiger partial charge in [-0.25, -0.2) is 0 Å². The van der Waals surface area contributed by atoms with E-state index in [4.69, 9.17) is 4.42 Å². The highest BCUT2D eigenvalue weighted by atomic mass is 32.1. The average Bonchev–Trinajstić information content (AvgIpc) is 3.91. The molecule has 0 bridgehead atoms. The lowest BCUT2D eigenvalue weighted by Crippen LogP contribution is -2.12. The van der Waals surface area contributed by atoms with Crippen molar-refractivity contribution in [3.05, 3.63) is 224 Å². The summed E-state index contributed by atoms with van der Waals surface area (Å²) in [6.07, 6.45) is 0. The molecule has 61 heavy (non-hydrogen) atoms. The zero-order valence-corrected chi connectivity index (χ0v) is 33.9. The molecule has 0 radical (unpaired) electrons. The molecule has 0 saturated heterocycles. The van der Waals surface area contributed by atoms with Crippen molar-refractivity contribution in [2.45, 2.75) is 0 Å². The van der Waals surface area contributed by atoms with Crippen molar-refractivity contribution in [3.63, 3.8) is 0 Å². The van der Waals surface area contributed by atoms with Crippen LogP contribution < -0.4 is 4.90 Å². The highest BCUT2D eigenvalue weighted by Gasteiger charge is 2.24. The van der Waals surface area contributed by atoms with Crippen molar-refractivity contribution in [2.75, 3.05) is 4.90 Å². The highest BCUT2D eigenvalue weighted by molar-refractivity contribution is 7.26. The van der Waals surface area contributed by atoms with Gasteiger partial charge in [-0.1, -0.05) is 188 Å². The van der Waals surface area contributed by atoms with Crippen LogP contribution in [0.5, 0.6) is 0 Å². The van der Waals surface area contributed by atoms with Gasteiger partial charge in [-0.15, -0.1) is 11.3 Å². The molecule has 0 amide bonds. The molecule has 10 aromatic carbocycles. The average molecular weight is 796 g/mol. The van der Waals surface area contributed by atoms with Gasteiger partial charge in [0.1, 0.15) is 11.2 Å². The third kappa shape index (κ3) is 5.85. The summed E-state index contributed by atoms with van der Waals surface area (Å²) in [6.45, 7) is 0. The number of fused-ring (bicyclic) bond motifs is 7. The summed E-state index contributed by atoms with van der Waals surface area (Å²) in [7, 11) is 0. The molecule has 0 aliphatic rings. The fourth-order valence-corrected chi connectivity index (χ4v) is 10.6. The molecule has 2 nitrogen and oxygen atoms in total. The first-order valence-corrected chi connectivity index (χ1v) is 21.6. The Hall–Kier alpha value is -7.72. The number of rotatable bonds is 7. The van der Waals surface area contributed by atoms with Crippen LogP contribution in [0.4, 0.5) is 17.1 Å². The second-order valence-electron chi connectivity index (χ2n) is 15.5. The van der Waals surface area contributed by atoms with Gasteiger partial charge in [-0.05, 0) is 69.4 Å². The third-order valence-corrected chi connectivity index (χ3v) is 13.3. The van der Waals surface area contributed by atoms with E-state index in [-0.39, 0.29) is 0 Å². The topological polar surface area (TPSA) is 16.4 Å². The van der Waals surface area contributed by atoms with Crippen LogP contribution in [0.1, 0.15) is 0 Å². The van der Waals surface area contributed by atoms with Crippen LogP contribution >= 0.6 is 11.3 Å². The number of nitrogens with zero attached hydrogens (tertiary/aromatic N) is 1. The fourth-order valence-electron chi connectivity index (χ4n) is 9.34. The maximum Gasteiger partial charge on any atom is 0.143 e. The van der Waals surface area contributed by atoms with Crippen LogP contribution in [0.25, 0.3) is 97.4 Å². The molecule has 0 saturated carbocycles. The van der Waals surface area contributed by atoms with Crippen molar-refractivity contribution in [2.24, 2.45) is 0 Å². The second-order valence-corrected chi connectivity index (χ2v) is 16.6. The van der Waals surface area contributed by atoms with Gasteiger partial charge in [-0.3, -0.25) is 0 Å². The summed E-state index contributed by atoms with van der Waals surface area (Å²) < 4.78 is 9.09. The van der Waals surface area contributed by atoms with Gasteiger partial charge < -0.3 is 9.32 Å². The standard InChI is InChI=1S/C58H37NOS/c1-2-18-41-38(16-1)17-13-26-43(41)44-19-3-4-20-45(44)46-21-5-9-30-53(46)59(40-36-34-39(35-37-40)42-25-14-27-50-48-23-7-11-32-55(48)60-57(42)50)54-31-10-6-22-47(54)51-28-15-29-52-49-24-8-12-33-56(49)61-58(51)52/h1-37H. The minimum atomic E-state index is 0.901. The lowest BCUT2D eigenvalue weighted by Gasteiger charge is -2.30. The summed E-state index contributed by atoms with van der Waals surface area (Å²) in [5.41, 5.74) is 14.4. The number of anilines is 3. The Morgan fingerprint density at radius 2 is 0.836 bits per heavy atom. The number of hydrogen-bond acceptors (Lipinski definition) is 3. The van der Waals surface area contributed by atoms with E-state index >= 15 is 0 Å². The van der Waals surface area contributed by atoms with Crippen molar-refractivity contribution in [1.29, 1.82) is 0 Å². The number of benzene rings is 10. The molecule has 0 atom stereocenters. The third-order valence-electron chi connectivity index (χ3n) is 12.1. The smallest absolute Gasteiger partial charge is 0.143 e. The van der Waals surface area contributed by atoms with Gasteiger partial charge >= 0.3 is 0 Å². The summed E-state index contributed by atoms with van der Waals surface area (Å²) >= 11 is 1.87. The van der Waals surface area contributed by atoms with Gasteiger partial charge in [0.05, 0.1) is 11.4 Å². The Kier molecular flexibility index (Phi) is 8.39. The van der Waals surface area contributed by atoms with E-state index < -0.39 is 0 Å². The Bertz CT molecular complexity index is 3610. The maximum absolute atomic E-state index is 6.51. The largest absolute Gasteiger partial charge is 0.455 e. The van der Waals surface area contributed by atoms with Gasteiger partial charge in [-0.2, -0.15) is 0 Å². The molecule has 0 aliphatic heterocycles. The highest BCUT2D eigenvalue weighted by Crippen LogP contribution is 2.49. The zero-order chi connectivity index (χ0) is 40.3. The monoisotopic (exact) mass is 795 g/mol. The van der Waals surface area contributed by atoms with Crippen molar-refractivity contribution >= 4 is 81.3 Å². The van der Waals surface area contributed by atoms with E-state index in [0.29, 0.717) is 0 Å². The normalized spacial score (nSPS) is 11.6. The van der Waals surface area contributed by atoms with E-state index in [1.807, 2.05) is 23.5 Å². The molecule has 12 rings (SSSR count). The Labute approximate surface area is 357 Å². The first kappa shape index (κ1) is 35.2. The van der Waals surface area contributed by atoms with Crippen molar-refractivity contribution in [1.82, 2.24) is 0 Å². The summed E-state index contributed by atoms with van der Waals surface area (Å²) in [4.78, 5) is 2.46. The molecule has 0 spiro atoms. The van der Waals surface area contributed by atoms with Crippen molar-refractivity contribution in [3.8, 4) is 44.5 Å². The van der Waals surface area contributed by atoms with Gasteiger partial charge in [0.15, 0.2) is 0 Å². The number of hydrogen-bond donors (Lipinski definition) is 0. The molecular formula is C58H37NOS. The Morgan fingerprint density at radius 3 is 1.62 bits per heavy atom. The molecule has 3 heteroatoms. The number of thiophene rings is 1. The van der Waals surface area contributed by atoms with E-state index in [9.17, 15) is 0 Å². The predicted octanol–water partition coefficient (Wildman–Crippen LogP) is 17.2. The molecule has 2 heterocycles. The van der Waals surface area contributed by atoms with E-state index in [0.717, 1.165) is 55.7 Å². The van der Waals surface area contributed by atoms with Crippen LogP contribution in [-0.4, -0.2) is 0 Å². The minimum absolute atomic E-state index is 0.901. The second kappa shape index (κ2) is 14.5. The SMILES string of the molecule is c1ccc(-c2cccc3ccccc23)c(-c2ccccc2N(c2ccc(-c3cccc4c3oc3ccccc34)cc2)c2ccccc2-c2cccc3c2sc2ccccc23)c1. The lowest BCUT2D eigenvalue weighted by molar-refractivity contribution is 0.670. The number of para-hydroxylation sites is 4. The zero-order valence-electron chi connectivity index (χ0n) is 33.1. The summed E-state index contributed by atoms with van der Waals surface area (Å²) in [5, 5.41) is 7.31. The molecule has 286 valence electrons. The Morgan fingerprint density at radius 1 is 0.328 bits per heavy atom.